The minimum absolute atomic E-state index is 0.0722. The first-order valence-electron chi connectivity index (χ1n) is 5.37. The molecule has 0 saturated heterocycles. The van der Waals surface area contributed by atoms with Crippen molar-refractivity contribution in [2.24, 2.45) is 5.73 Å². The van der Waals surface area contributed by atoms with E-state index in [1.165, 1.54) is 6.07 Å². The molecule has 0 amide bonds. The van der Waals surface area contributed by atoms with Gasteiger partial charge in [-0.25, -0.2) is 4.98 Å². The Kier molecular flexibility index (Phi) is 3.81. The first-order chi connectivity index (χ1) is 8.90. The maximum absolute atomic E-state index is 12.9. The summed E-state index contributed by atoms with van der Waals surface area (Å²) in [6.45, 7) is 1.56. The summed E-state index contributed by atoms with van der Waals surface area (Å²) in [6, 6.07) is 4.02. The lowest BCUT2D eigenvalue weighted by molar-refractivity contribution is -0.138. The van der Waals surface area contributed by atoms with E-state index in [9.17, 15) is 13.2 Å². The van der Waals surface area contributed by atoms with Gasteiger partial charge in [0.2, 0.25) is 5.16 Å². The molecule has 0 aliphatic carbocycles. The third kappa shape index (κ3) is 3.27. The SMILES string of the molecule is Cc1nc(Sc2ccc(CN)c(C(F)(F)F)c2)n[nH]1. The molecule has 0 aliphatic rings. The third-order valence-electron chi connectivity index (χ3n) is 2.39. The molecular formula is C11H11F3N4S. The Hall–Kier alpha value is -1.54. The molecule has 102 valence electrons. The molecule has 0 spiro atoms. The van der Waals surface area contributed by atoms with Crippen LogP contribution in [0.4, 0.5) is 13.2 Å². The van der Waals surface area contributed by atoms with Crippen LogP contribution in [-0.4, -0.2) is 15.2 Å². The minimum Gasteiger partial charge on any atom is -0.326 e. The van der Waals surface area contributed by atoms with E-state index in [1.54, 1.807) is 13.0 Å². The van der Waals surface area contributed by atoms with Crippen molar-refractivity contribution in [3.05, 3.63) is 35.2 Å². The molecule has 4 nitrogen and oxygen atoms in total. The van der Waals surface area contributed by atoms with Gasteiger partial charge in [-0.15, -0.1) is 5.10 Å². The molecule has 8 heteroatoms. The van der Waals surface area contributed by atoms with Crippen LogP contribution < -0.4 is 5.73 Å². The summed E-state index contributed by atoms with van der Waals surface area (Å²) in [5.41, 5.74) is 4.67. The van der Waals surface area contributed by atoms with Gasteiger partial charge in [0.05, 0.1) is 5.56 Å². The second-order valence-corrected chi connectivity index (χ2v) is 4.87. The Morgan fingerprint density at radius 3 is 2.63 bits per heavy atom. The number of aryl methyl sites for hydroxylation is 1. The molecule has 1 aromatic heterocycles. The smallest absolute Gasteiger partial charge is 0.326 e. The van der Waals surface area contributed by atoms with Crippen LogP contribution in [0.3, 0.4) is 0 Å². The van der Waals surface area contributed by atoms with E-state index < -0.39 is 11.7 Å². The van der Waals surface area contributed by atoms with Crippen molar-refractivity contribution in [1.29, 1.82) is 0 Å². The molecular weight excluding hydrogens is 277 g/mol. The largest absolute Gasteiger partial charge is 0.416 e. The first kappa shape index (κ1) is 13.9. The average molecular weight is 288 g/mol. The molecule has 1 heterocycles. The number of hydrogen-bond donors (Lipinski definition) is 2. The zero-order chi connectivity index (χ0) is 14.0. The highest BCUT2D eigenvalue weighted by molar-refractivity contribution is 7.99. The third-order valence-corrected chi connectivity index (χ3v) is 3.25. The Labute approximate surface area is 111 Å². The quantitative estimate of drug-likeness (QED) is 0.911. The van der Waals surface area contributed by atoms with Gasteiger partial charge in [-0.1, -0.05) is 6.07 Å². The normalized spacial score (nSPS) is 11.8. The summed E-state index contributed by atoms with van der Waals surface area (Å²) >= 11 is 1.06. The van der Waals surface area contributed by atoms with Gasteiger partial charge in [0.1, 0.15) is 5.82 Å². The number of alkyl halides is 3. The highest BCUT2D eigenvalue weighted by Gasteiger charge is 2.33. The number of halogens is 3. The topological polar surface area (TPSA) is 67.6 Å². The van der Waals surface area contributed by atoms with Crippen LogP contribution in [0, 0.1) is 6.92 Å². The predicted molar refractivity (Wildman–Crippen MR) is 64.6 cm³/mol. The monoisotopic (exact) mass is 288 g/mol. The number of H-pyrrole nitrogens is 1. The lowest BCUT2D eigenvalue weighted by atomic mass is 10.1. The van der Waals surface area contributed by atoms with Crippen molar-refractivity contribution in [2.45, 2.75) is 29.7 Å². The number of nitrogens with zero attached hydrogens (tertiary/aromatic N) is 2. The Balaban J connectivity index is 2.32. The van der Waals surface area contributed by atoms with E-state index in [1.807, 2.05) is 0 Å². The van der Waals surface area contributed by atoms with Crippen LogP contribution in [0.15, 0.2) is 28.3 Å². The molecule has 3 N–H and O–H groups in total. The van der Waals surface area contributed by atoms with E-state index in [0.717, 1.165) is 17.8 Å². The van der Waals surface area contributed by atoms with Crippen molar-refractivity contribution in [3.8, 4) is 0 Å². The summed E-state index contributed by atoms with van der Waals surface area (Å²) < 4.78 is 38.6. The van der Waals surface area contributed by atoms with Crippen molar-refractivity contribution < 1.29 is 13.2 Å². The summed E-state index contributed by atoms with van der Waals surface area (Å²) in [4.78, 5) is 4.45. The van der Waals surface area contributed by atoms with Crippen molar-refractivity contribution in [3.63, 3.8) is 0 Å². The van der Waals surface area contributed by atoms with Crippen LogP contribution >= 0.6 is 11.8 Å². The standard InChI is InChI=1S/C11H11F3N4S/c1-6-16-10(18-17-6)19-8-3-2-7(5-15)9(4-8)11(12,13)14/h2-4H,5,15H2,1H3,(H,16,17,18). The van der Waals surface area contributed by atoms with Gasteiger partial charge in [0, 0.05) is 11.4 Å². The van der Waals surface area contributed by atoms with Crippen LogP contribution in [0.5, 0.6) is 0 Å². The average Bonchev–Trinajstić information content (AvgIpc) is 2.73. The highest BCUT2D eigenvalue weighted by Crippen LogP contribution is 2.35. The molecule has 0 saturated carbocycles. The van der Waals surface area contributed by atoms with Gasteiger partial charge >= 0.3 is 6.18 Å². The fourth-order valence-electron chi connectivity index (χ4n) is 1.53. The summed E-state index contributed by atoms with van der Waals surface area (Å²) in [7, 11) is 0. The Morgan fingerprint density at radius 2 is 2.11 bits per heavy atom. The molecule has 0 radical (unpaired) electrons. The fraction of sp³-hybridized carbons (Fsp3) is 0.273. The van der Waals surface area contributed by atoms with E-state index in [4.69, 9.17) is 5.73 Å². The fourth-order valence-corrected chi connectivity index (χ4v) is 2.33. The summed E-state index contributed by atoms with van der Waals surface area (Å²) in [6.07, 6.45) is -4.42. The summed E-state index contributed by atoms with van der Waals surface area (Å²) in [5.74, 6) is 0.608. The first-order valence-corrected chi connectivity index (χ1v) is 6.19. The summed E-state index contributed by atoms with van der Waals surface area (Å²) in [5, 5.41) is 6.88. The number of aromatic amines is 1. The zero-order valence-electron chi connectivity index (χ0n) is 9.95. The number of hydrogen-bond acceptors (Lipinski definition) is 4. The Morgan fingerprint density at radius 1 is 1.37 bits per heavy atom. The van der Waals surface area contributed by atoms with Gasteiger partial charge in [-0.3, -0.25) is 5.10 Å². The molecule has 2 rings (SSSR count). The van der Waals surface area contributed by atoms with E-state index >= 15 is 0 Å². The molecule has 0 unspecified atom stereocenters. The van der Waals surface area contributed by atoms with Gasteiger partial charge in [-0.05, 0) is 36.4 Å². The lowest BCUT2D eigenvalue weighted by Crippen LogP contribution is -2.11. The number of aromatic nitrogens is 3. The molecule has 0 atom stereocenters. The molecule has 1 aromatic carbocycles. The predicted octanol–water partition coefficient (Wildman–Crippen LogP) is 2.74. The van der Waals surface area contributed by atoms with Crippen LogP contribution in [0.2, 0.25) is 0 Å². The molecule has 19 heavy (non-hydrogen) atoms. The maximum atomic E-state index is 12.9. The Bertz CT molecular complexity index is 580. The van der Waals surface area contributed by atoms with Crippen molar-refractivity contribution in [2.75, 3.05) is 0 Å². The molecule has 0 fully saturated rings. The van der Waals surface area contributed by atoms with Gasteiger partial charge in [0.25, 0.3) is 0 Å². The van der Waals surface area contributed by atoms with Gasteiger partial charge in [-0.2, -0.15) is 13.2 Å². The minimum atomic E-state index is -4.42. The van der Waals surface area contributed by atoms with Crippen molar-refractivity contribution >= 4 is 11.8 Å². The number of rotatable bonds is 3. The van der Waals surface area contributed by atoms with Gasteiger partial charge < -0.3 is 5.73 Å². The van der Waals surface area contributed by atoms with Crippen LogP contribution in [0.25, 0.3) is 0 Å². The maximum Gasteiger partial charge on any atom is 0.416 e. The van der Waals surface area contributed by atoms with Crippen LogP contribution in [0.1, 0.15) is 17.0 Å². The van der Waals surface area contributed by atoms with Gasteiger partial charge in [0.15, 0.2) is 0 Å². The van der Waals surface area contributed by atoms with E-state index in [2.05, 4.69) is 15.2 Å². The van der Waals surface area contributed by atoms with E-state index in [-0.39, 0.29) is 12.1 Å². The molecule has 0 bridgehead atoms. The second kappa shape index (κ2) is 5.22. The number of benzene rings is 1. The highest BCUT2D eigenvalue weighted by atomic mass is 32.2. The van der Waals surface area contributed by atoms with Crippen molar-refractivity contribution in [1.82, 2.24) is 15.2 Å². The zero-order valence-corrected chi connectivity index (χ0v) is 10.8. The second-order valence-electron chi connectivity index (χ2n) is 3.83. The number of nitrogens with two attached hydrogens (primary N) is 1. The lowest BCUT2D eigenvalue weighted by Gasteiger charge is -2.12. The number of nitrogens with one attached hydrogen (secondary N) is 1. The van der Waals surface area contributed by atoms with E-state index in [0.29, 0.717) is 15.9 Å². The molecule has 2 aromatic rings. The van der Waals surface area contributed by atoms with Crippen LogP contribution in [-0.2, 0) is 12.7 Å². The molecule has 0 aliphatic heterocycles.